The molecular formula is C23H24N6O4. The van der Waals surface area contributed by atoms with Crippen molar-refractivity contribution < 1.29 is 19.1 Å². The van der Waals surface area contributed by atoms with Gasteiger partial charge >= 0.3 is 0 Å². The molecule has 0 unspecified atom stereocenters. The molecule has 2 amide bonds. The van der Waals surface area contributed by atoms with Gasteiger partial charge in [0.2, 0.25) is 12.7 Å². The summed E-state index contributed by atoms with van der Waals surface area (Å²) < 4.78 is 12.0. The van der Waals surface area contributed by atoms with Crippen molar-refractivity contribution in [1.29, 1.82) is 0 Å². The van der Waals surface area contributed by atoms with Gasteiger partial charge in [-0.15, -0.1) is 0 Å². The molecule has 33 heavy (non-hydrogen) atoms. The number of aryl methyl sites for hydroxylation is 2. The van der Waals surface area contributed by atoms with Gasteiger partial charge in [-0.05, 0) is 56.4 Å². The Morgan fingerprint density at radius 1 is 1.12 bits per heavy atom. The minimum atomic E-state index is -0.308. The average molecular weight is 448 g/mol. The van der Waals surface area contributed by atoms with Crippen molar-refractivity contribution in [3.8, 4) is 11.5 Å². The largest absolute Gasteiger partial charge is 0.454 e. The van der Waals surface area contributed by atoms with E-state index in [1.165, 1.54) is 22.9 Å². The summed E-state index contributed by atoms with van der Waals surface area (Å²) in [6.07, 6.45) is 7.41. The van der Waals surface area contributed by atoms with E-state index in [1.807, 2.05) is 6.92 Å². The fraction of sp³-hybridized carbons (Fsp3) is 0.348. The molecular weight excluding hydrogens is 424 g/mol. The monoisotopic (exact) mass is 448 g/mol. The highest BCUT2D eigenvalue weighted by molar-refractivity contribution is 6.04. The van der Waals surface area contributed by atoms with E-state index in [4.69, 9.17) is 9.47 Å². The standard InChI is InChI=1S/C23H24N6O4/c1-14-17-4-2-3-5-18(17)28-21(26-14)10-24-22(30)12-29-11-16(9-25-29)27-23(31)15-6-7-19-20(8-15)33-13-32-19/h6-9,11H,2-5,10,12-13H2,1H3,(H,24,30)(H,27,31). The zero-order valence-corrected chi connectivity index (χ0v) is 18.3. The SMILES string of the molecule is Cc1nc(CNC(=O)Cn2cc(NC(=O)c3ccc4c(c3)OCO4)cn2)nc2c1CCCC2. The second-order valence-electron chi connectivity index (χ2n) is 8.08. The number of rotatable bonds is 6. The number of fused-ring (bicyclic) bond motifs is 2. The summed E-state index contributed by atoms with van der Waals surface area (Å²) in [5, 5.41) is 9.76. The number of aromatic nitrogens is 4. The smallest absolute Gasteiger partial charge is 0.255 e. The Hall–Kier alpha value is -3.95. The first-order valence-electron chi connectivity index (χ1n) is 10.9. The quantitative estimate of drug-likeness (QED) is 0.593. The molecule has 1 aliphatic carbocycles. The number of hydrogen-bond donors (Lipinski definition) is 2. The van der Waals surface area contributed by atoms with E-state index in [1.54, 1.807) is 24.4 Å². The van der Waals surface area contributed by atoms with E-state index in [0.29, 0.717) is 28.6 Å². The number of hydrogen-bond acceptors (Lipinski definition) is 7. The lowest BCUT2D eigenvalue weighted by Crippen LogP contribution is -2.28. The molecule has 0 saturated heterocycles. The third-order valence-corrected chi connectivity index (χ3v) is 5.71. The Morgan fingerprint density at radius 2 is 1.97 bits per heavy atom. The summed E-state index contributed by atoms with van der Waals surface area (Å²) in [4.78, 5) is 34.0. The molecule has 3 aromatic rings. The molecule has 0 bridgehead atoms. The molecule has 0 saturated carbocycles. The first-order chi connectivity index (χ1) is 16.0. The lowest BCUT2D eigenvalue weighted by Gasteiger charge is -2.17. The molecule has 1 aliphatic heterocycles. The number of carbonyl (C=O) groups is 2. The van der Waals surface area contributed by atoms with Crippen LogP contribution >= 0.6 is 0 Å². The molecule has 3 heterocycles. The summed E-state index contributed by atoms with van der Waals surface area (Å²) >= 11 is 0. The van der Waals surface area contributed by atoms with Crippen LogP contribution in [0.4, 0.5) is 5.69 Å². The number of nitrogens with zero attached hydrogens (tertiary/aromatic N) is 4. The molecule has 0 radical (unpaired) electrons. The van der Waals surface area contributed by atoms with Crippen molar-refractivity contribution in [3.63, 3.8) is 0 Å². The third-order valence-electron chi connectivity index (χ3n) is 5.71. The van der Waals surface area contributed by atoms with E-state index < -0.39 is 0 Å². The molecule has 10 heteroatoms. The molecule has 2 aromatic heterocycles. The second-order valence-corrected chi connectivity index (χ2v) is 8.08. The van der Waals surface area contributed by atoms with Gasteiger partial charge in [0.1, 0.15) is 12.4 Å². The van der Waals surface area contributed by atoms with Gasteiger partial charge in [0, 0.05) is 23.1 Å². The maximum Gasteiger partial charge on any atom is 0.255 e. The van der Waals surface area contributed by atoms with Crippen LogP contribution in [-0.4, -0.2) is 38.4 Å². The number of anilines is 1. The highest BCUT2D eigenvalue weighted by Crippen LogP contribution is 2.32. The van der Waals surface area contributed by atoms with Crippen LogP contribution in [0.5, 0.6) is 11.5 Å². The van der Waals surface area contributed by atoms with Crippen molar-refractivity contribution in [3.05, 3.63) is 58.9 Å². The highest BCUT2D eigenvalue weighted by atomic mass is 16.7. The summed E-state index contributed by atoms with van der Waals surface area (Å²) in [5.41, 5.74) is 4.28. The highest BCUT2D eigenvalue weighted by Gasteiger charge is 2.18. The van der Waals surface area contributed by atoms with Gasteiger partial charge in [-0.3, -0.25) is 14.3 Å². The van der Waals surface area contributed by atoms with E-state index in [-0.39, 0.29) is 31.7 Å². The van der Waals surface area contributed by atoms with Gasteiger partial charge in [-0.25, -0.2) is 9.97 Å². The van der Waals surface area contributed by atoms with E-state index in [2.05, 4.69) is 25.7 Å². The lowest BCUT2D eigenvalue weighted by atomic mass is 9.95. The van der Waals surface area contributed by atoms with Gasteiger partial charge in [0.05, 0.1) is 18.4 Å². The maximum atomic E-state index is 12.5. The summed E-state index contributed by atoms with van der Waals surface area (Å²) in [7, 11) is 0. The molecule has 5 rings (SSSR count). The van der Waals surface area contributed by atoms with Crippen LogP contribution in [-0.2, 0) is 30.7 Å². The molecule has 2 N–H and O–H groups in total. The summed E-state index contributed by atoms with van der Waals surface area (Å²) in [6.45, 7) is 2.43. The number of benzene rings is 1. The number of carbonyl (C=O) groups excluding carboxylic acids is 2. The summed E-state index contributed by atoms with van der Waals surface area (Å²) in [5.74, 6) is 1.25. The second kappa shape index (κ2) is 8.89. The molecule has 0 fully saturated rings. The van der Waals surface area contributed by atoms with Crippen LogP contribution in [0.15, 0.2) is 30.6 Å². The van der Waals surface area contributed by atoms with Gasteiger partial charge in [-0.1, -0.05) is 0 Å². The van der Waals surface area contributed by atoms with Crippen LogP contribution < -0.4 is 20.1 Å². The molecule has 2 aliphatic rings. The van der Waals surface area contributed by atoms with Gasteiger partial charge in [0.15, 0.2) is 11.5 Å². The molecule has 0 spiro atoms. The predicted octanol–water partition coefficient (Wildman–Crippen LogP) is 2.16. The first-order valence-corrected chi connectivity index (χ1v) is 10.9. The first kappa shape index (κ1) is 20.9. The van der Waals surface area contributed by atoms with Gasteiger partial charge in [0.25, 0.3) is 5.91 Å². The van der Waals surface area contributed by atoms with Crippen LogP contribution in [0.3, 0.4) is 0 Å². The average Bonchev–Trinajstić information content (AvgIpc) is 3.46. The van der Waals surface area contributed by atoms with E-state index in [0.717, 1.165) is 30.7 Å². The Balaban J connectivity index is 1.15. The fourth-order valence-electron chi connectivity index (χ4n) is 4.06. The normalized spacial score (nSPS) is 14.0. The maximum absolute atomic E-state index is 12.5. The molecule has 10 nitrogen and oxygen atoms in total. The minimum absolute atomic E-state index is 0.0177. The van der Waals surface area contributed by atoms with E-state index >= 15 is 0 Å². The minimum Gasteiger partial charge on any atom is -0.454 e. The third kappa shape index (κ3) is 4.64. The molecule has 170 valence electrons. The van der Waals surface area contributed by atoms with Crippen molar-refractivity contribution in [1.82, 2.24) is 25.1 Å². The topological polar surface area (TPSA) is 120 Å². The zero-order chi connectivity index (χ0) is 22.8. The Labute approximate surface area is 190 Å². The lowest BCUT2D eigenvalue weighted by molar-refractivity contribution is -0.122. The van der Waals surface area contributed by atoms with Gasteiger partial charge in [-0.2, -0.15) is 5.10 Å². The van der Waals surface area contributed by atoms with Crippen LogP contribution in [0.2, 0.25) is 0 Å². The van der Waals surface area contributed by atoms with E-state index in [9.17, 15) is 9.59 Å². The van der Waals surface area contributed by atoms with Crippen molar-refractivity contribution >= 4 is 17.5 Å². The van der Waals surface area contributed by atoms with Crippen molar-refractivity contribution in [2.45, 2.75) is 45.7 Å². The molecule has 0 atom stereocenters. The Bertz CT molecular complexity index is 1220. The van der Waals surface area contributed by atoms with Crippen molar-refractivity contribution in [2.24, 2.45) is 0 Å². The summed E-state index contributed by atoms with van der Waals surface area (Å²) in [6, 6.07) is 4.98. The fourth-order valence-corrected chi connectivity index (χ4v) is 4.06. The van der Waals surface area contributed by atoms with Gasteiger partial charge < -0.3 is 20.1 Å². The van der Waals surface area contributed by atoms with Crippen molar-refractivity contribution in [2.75, 3.05) is 12.1 Å². The number of nitrogens with one attached hydrogen (secondary N) is 2. The number of amides is 2. The Kier molecular flexibility index (Phi) is 5.64. The number of ether oxygens (including phenoxy) is 2. The zero-order valence-electron chi connectivity index (χ0n) is 18.3. The van der Waals surface area contributed by atoms with Crippen LogP contribution in [0.1, 0.15) is 46.0 Å². The Morgan fingerprint density at radius 3 is 2.88 bits per heavy atom. The van der Waals surface area contributed by atoms with Crippen LogP contribution in [0.25, 0.3) is 0 Å². The predicted molar refractivity (Wildman–Crippen MR) is 118 cm³/mol. The molecule has 1 aromatic carbocycles. The van der Waals surface area contributed by atoms with Crippen LogP contribution in [0, 0.1) is 6.92 Å².